The van der Waals surface area contributed by atoms with Crippen LogP contribution in [0.15, 0.2) is 11.6 Å². The van der Waals surface area contributed by atoms with Crippen molar-refractivity contribution in [2.24, 2.45) is 17.8 Å². The fourth-order valence-electron chi connectivity index (χ4n) is 6.38. The first-order chi connectivity index (χ1) is 20.4. The van der Waals surface area contributed by atoms with Crippen LogP contribution in [-0.4, -0.2) is 80.4 Å². The Kier molecular flexibility index (Phi) is 13.1. The van der Waals surface area contributed by atoms with Crippen LogP contribution in [0.2, 0.25) is 0 Å². The fourth-order valence-corrected chi connectivity index (χ4v) is 6.38. The van der Waals surface area contributed by atoms with Crippen molar-refractivity contribution in [3.05, 3.63) is 11.6 Å². The zero-order valence-electron chi connectivity index (χ0n) is 26.8. The minimum atomic E-state index is -0.536. The highest BCUT2D eigenvalue weighted by molar-refractivity contribution is 5.77. The van der Waals surface area contributed by atoms with Gasteiger partial charge in [-0.05, 0) is 58.8 Å². The molecule has 0 aromatic rings. The molecule has 3 fully saturated rings. The fraction of sp³-hybridized carbons (Fsp3) is 0.839. The summed E-state index contributed by atoms with van der Waals surface area (Å²) in [6.45, 7) is 13.7. The van der Waals surface area contributed by atoms with Gasteiger partial charge in [-0.25, -0.2) is 9.59 Å². The number of hydrogen-bond donors (Lipinski definition) is 4. The topological polar surface area (TPSA) is 143 Å². The zero-order chi connectivity index (χ0) is 31.6. The van der Waals surface area contributed by atoms with Gasteiger partial charge in [-0.2, -0.15) is 0 Å². The van der Waals surface area contributed by atoms with Crippen LogP contribution in [0.5, 0.6) is 0 Å². The van der Waals surface area contributed by atoms with Gasteiger partial charge in [-0.1, -0.05) is 45.3 Å². The van der Waals surface area contributed by atoms with Crippen LogP contribution in [-0.2, 0) is 23.7 Å². The lowest BCUT2D eigenvalue weighted by molar-refractivity contribution is -0.120. The monoisotopic (exact) mass is 612 g/mol. The number of ether oxygens (including phenoxy) is 4. The van der Waals surface area contributed by atoms with E-state index in [1.54, 1.807) is 0 Å². The van der Waals surface area contributed by atoms with Gasteiger partial charge >= 0.3 is 12.2 Å². The molecule has 3 aliphatic rings. The Morgan fingerprint density at radius 3 is 2.35 bits per heavy atom. The number of hydrogen-bond acceptors (Lipinski definition) is 8. The van der Waals surface area contributed by atoms with Crippen LogP contribution in [0.3, 0.4) is 0 Å². The third kappa shape index (κ3) is 10.3. The maximum Gasteiger partial charge on any atom is 0.407 e. The molecule has 0 bridgehead atoms. The smallest absolute Gasteiger partial charge is 0.407 e. The van der Waals surface area contributed by atoms with E-state index in [2.05, 4.69) is 49.7 Å². The summed E-state index contributed by atoms with van der Waals surface area (Å²) in [5, 5.41) is 8.25. The molecule has 2 saturated heterocycles. The van der Waals surface area contributed by atoms with E-state index < -0.39 is 18.2 Å². The van der Waals surface area contributed by atoms with Gasteiger partial charge in [0.15, 0.2) is 0 Å². The van der Waals surface area contributed by atoms with Crippen molar-refractivity contribution in [2.45, 2.75) is 116 Å². The normalized spacial score (nSPS) is 29.9. The highest BCUT2D eigenvalue weighted by Gasteiger charge is 2.70. The molecular formula is C31H53FN4O7. The SMILES string of the molecule is CC(C)=CCC1O[C@@]1(C)C1C(C)C(OC(=O)N[C@@H](COC(=O)NCCCCCCNC(=O)CNF)C(C)C)CCC12CO2. The number of unbranched alkanes of at least 4 members (excludes halogenated alkanes) is 3. The molecule has 1 spiro atoms. The molecular weight excluding hydrogens is 559 g/mol. The number of alkyl carbamates (subject to hydrolysis) is 2. The first kappa shape index (κ1) is 35.0. The molecule has 3 rings (SSSR count). The second-order valence-electron chi connectivity index (χ2n) is 13.1. The molecule has 43 heavy (non-hydrogen) atoms. The molecule has 0 aromatic heterocycles. The lowest BCUT2D eigenvalue weighted by Crippen LogP contribution is -2.52. The number of allylic oxidation sites excluding steroid dienone is 1. The standard InChI is InChI=1S/C31H53FN4O7/c1-20(2)11-12-25-30(6,43-25)27-22(5)24(13-14-31(27)19-41-31)42-29(39)36-23(21(3)4)18-40-28(38)34-16-10-8-7-9-15-33-26(37)17-35-32/h11,21-25,27,35H,7-10,12-19H2,1-6H3,(H,33,37)(H,34,38)(H,36,39)/t22?,23-,24?,25?,27?,30+,31?/m0/s1. The number of amides is 3. The third-order valence-corrected chi connectivity index (χ3v) is 9.06. The van der Waals surface area contributed by atoms with Gasteiger partial charge in [-0.15, -0.1) is 10.0 Å². The molecule has 5 unspecified atom stereocenters. The molecule has 0 radical (unpaired) electrons. The van der Waals surface area contributed by atoms with E-state index in [9.17, 15) is 18.9 Å². The highest BCUT2D eigenvalue weighted by atomic mass is 19.2. The van der Waals surface area contributed by atoms with Gasteiger partial charge in [0.05, 0.1) is 30.0 Å². The molecule has 7 atom stereocenters. The minimum absolute atomic E-state index is 0.0239. The molecule has 3 amide bonds. The van der Waals surface area contributed by atoms with Crippen LogP contribution in [0.1, 0.15) is 86.5 Å². The van der Waals surface area contributed by atoms with Crippen molar-refractivity contribution in [1.29, 1.82) is 0 Å². The Bertz CT molecular complexity index is 972. The summed E-state index contributed by atoms with van der Waals surface area (Å²) in [7, 11) is 0. The predicted molar refractivity (Wildman–Crippen MR) is 160 cm³/mol. The Balaban J connectivity index is 1.37. The number of rotatable bonds is 17. The summed E-state index contributed by atoms with van der Waals surface area (Å²) in [6.07, 6.45) is 6.77. The second-order valence-corrected chi connectivity index (χ2v) is 13.1. The lowest BCUT2D eigenvalue weighted by atomic mass is 9.64. The Labute approximate surface area is 255 Å². The van der Waals surface area contributed by atoms with Crippen molar-refractivity contribution >= 4 is 18.1 Å². The molecule has 0 aromatic carbocycles. The van der Waals surface area contributed by atoms with E-state index in [0.717, 1.165) is 51.6 Å². The van der Waals surface area contributed by atoms with Crippen molar-refractivity contribution in [3.8, 4) is 0 Å². The Morgan fingerprint density at radius 2 is 1.74 bits per heavy atom. The van der Waals surface area contributed by atoms with Crippen molar-refractivity contribution in [3.63, 3.8) is 0 Å². The lowest BCUT2D eigenvalue weighted by Gasteiger charge is -2.42. The van der Waals surface area contributed by atoms with E-state index in [0.29, 0.717) is 13.1 Å². The van der Waals surface area contributed by atoms with Crippen LogP contribution in [0.4, 0.5) is 14.1 Å². The summed E-state index contributed by atoms with van der Waals surface area (Å²) in [5.41, 5.74) is 2.11. The summed E-state index contributed by atoms with van der Waals surface area (Å²) >= 11 is 0. The summed E-state index contributed by atoms with van der Waals surface area (Å²) in [6, 6.07) is -0.397. The highest BCUT2D eigenvalue weighted by Crippen LogP contribution is 2.60. The first-order valence-electron chi connectivity index (χ1n) is 15.8. The maximum atomic E-state index is 13.0. The second kappa shape index (κ2) is 16.0. The van der Waals surface area contributed by atoms with E-state index in [1.807, 2.05) is 13.8 Å². The average molecular weight is 613 g/mol. The molecule has 1 saturated carbocycles. The van der Waals surface area contributed by atoms with Gasteiger partial charge < -0.3 is 34.9 Å². The quantitative estimate of drug-likeness (QED) is 0.0824. The van der Waals surface area contributed by atoms with Crippen LogP contribution >= 0.6 is 0 Å². The molecule has 2 heterocycles. The summed E-state index contributed by atoms with van der Waals surface area (Å²) < 4.78 is 35.5. The number of carbonyl (C=O) groups is 3. The molecule has 1 aliphatic carbocycles. The third-order valence-electron chi connectivity index (χ3n) is 9.06. The van der Waals surface area contributed by atoms with E-state index in [1.165, 1.54) is 11.1 Å². The van der Waals surface area contributed by atoms with Crippen LogP contribution in [0.25, 0.3) is 0 Å². The average Bonchev–Trinajstić information content (AvgIpc) is 3.85. The van der Waals surface area contributed by atoms with Gasteiger partial charge in [0.2, 0.25) is 5.91 Å². The van der Waals surface area contributed by atoms with Crippen molar-refractivity contribution in [1.82, 2.24) is 21.5 Å². The number of carbonyl (C=O) groups excluding carboxylic acids is 3. The van der Waals surface area contributed by atoms with E-state index in [-0.39, 0.29) is 60.2 Å². The Hall–Kier alpha value is -2.44. The summed E-state index contributed by atoms with van der Waals surface area (Å²) in [5.74, 6) is -0.146. The van der Waals surface area contributed by atoms with Crippen LogP contribution < -0.4 is 21.5 Å². The molecule has 4 N–H and O–H groups in total. The Morgan fingerprint density at radius 1 is 1.07 bits per heavy atom. The largest absolute Gasteiger partial charge is 0.447 e. The van der Waals surface area contributed by atoms with Crippen LogP contribution in [0, 0.1) is 17.8 Å². The van der Waals surface area contributed by atoms with E-state index in [4.69, 9.17) is 18.9 Å². The molecule has 12 heteroatoms. The zero-order valence-corrected chi connectivity index (χ0v) is 26.8. The van der Waals surface area contributed by atoms with Crippen molar-refractivity contribution in [2.75, 3.05) is 32.8 Å². The predicted octanol–water partition coefficient (Wildman–Crippen LogP) is 4.31. The van der Waals surface area contributed by atoms with Gasteiger partial charge in [0.25, 0.3) is 0 Å². The maximum absolute atomic E-state index is 13.0. The van der Waals surface area contributed by atoms with Gasteiger partial charge in [0.1, 0.15) is 19.3 Å². The molecule has 11 nitrogen and oxygen atoms in total. The van der Waals surface area contributed by atoms with E-state index >= 15 is 0 Å². The number of halogens is 1. The first-order valence-corrected chi connectivity index (χ1v) is 15.8. The molecule has 2 aliphatic heterocycles. The van der Waals surface area contributed by atoms with Crippen molar-refractivity contribution < 1.29 is 37.8 Å². The molecule has 246 valence electrons. The number of nitrogens with one attached hydrogen (secondary N) is 4. The van der Waals surface area contributed by atoms with Gasteiger partial charge in [-0.3, -0.25) is 4.79 Å². The summed E-state index contributed by atoms with van der Waals surface area (Å²) in [4.78, 5) is 36.4. The minimum Gasteiger partial charge on any atom is -0.447 e. The number of epoxide rings is 2. The van der Waals surface area contributed by atoms with Gasteiger partial charge in [0, 0.05) is 24.9 Å².